The van der Waals surface area contributed by atoms with Gasteiger partial charge in [-0.1, -0.05) is 79.1 Å². The second kappa shape index (κ2) is 6.98. The summed E-state index contributed by atoms with van der Waals surface area (Å²) in [5.41, 5.74) is 6.15. The smallest absolute Gasteiger partial charge is 0.335 e. The molecule has 1 heterocycles. The topological polar surface area (TPSA) is 58.9 Å². The largest absolute Gasteiger partial charge is 0.478 e. The van der Waals surface area contributed by atoms with Crippen LogP contribution in [0, 0.1) is 0 Å². The Bertz CT molecular complexity index is 992. The lowest BCUT2D eigenvalue weighted by Gasteiger charge is -2.42. The Kier molecular flexibility index (Phi) is 4.85. The number of alkyl halides is 1. The van der Waals surface area contributed by atoms with Crippen molar-refractivity contribution in [2.45, 2.75) is 62.3 Å². The number of benzene rings is 2. The number of fused-ring (bicyclic) bond motifs is 1. The molecule has 0 fully saturated rings. The molecule has 1 aliphatic heterocycles. The van der Waals surface area contributed by atoms with E-state index in [1.165, 1.54) is 17.5 Å². The van der Waals surface area contributed by atoms with Gasteiger partial charge in [0.15, 0.2) is 6.10 Å². The van der Waals surface area contributed by atoms with Crippen LogP contribution in [0.25, 0.3) is 0 Å². The predicted molar refractivity (Wildman–Crippen MR) is 118 cm³/mol. The van der Waals surface area contributed by atoms with Crippen LogP contribution >= 0.6 is 15.9 Å². The summed E-state index contributed by atoms with van der Waals surface area (Å²) in [6.07, 6.45) is 2.14. The molecule has 0 saturated heterocycles. The summed E-state index contributed by atoms with van der Waals surface area (Å²) in [6, 6.07) is 13.5. The van der Waals surface area contributed by atoms with Gasteiger partial charge in [0.05, 0.1) is 5.56 Å². The molecule has 0 bridgehead atoms. The van der Waals surface area contributed by atoms with Crippen molar-refractivity contribution in [1.29, 1.82) is 0 Å². The average molecular weight is 456 g/mol. The van der Waals surface area contributed by atoms with Crippen LogP contribution in [0.2, 0.25) is 0 Å². The van der Waals surface area contributed by atoms with Crippen molar-refractivity contribution in [2.75, 3.05) is 0 Å². The minimum atomic E-state index is -0.936. The summed E-state index contributed by atoms with van der Waals surface area (Å²) in [5.74, 6) is -0.936. The predicted octanol–water partition coefficient (Wildman–Crippen LogP) is 5.97. The molecule has 0 amide bonds. The minimum Gasteiger partial charge on any atom is -0.478 e. The lowest BCUT2D eigenvalue weighted by molar-refractivity contribution is 0.0697. The molecule has 4 rings (SSSR count). The second-order valence-electron chi connectivity index (χ2n) is 9.36. The molecular weight excluding hydrogens is 430 g/mol. The SMILES string of the molecule is CC1(C)CCC(C)(C)c2cc(C3ON=C(c4ccc(C(=O)O)cc4)C3Br)ccc21. The van der Waals surface area contributed by atoms with Gasteiger partial charge >= 0.3 is 5.97 Å². The van der Waals surface area contributed by atoms with E-state index in [2.05, 4.69) is 67.0 Å². The molecule has 2 aliphatic rings. The van der Waals surface area contributed by atoms with Gasteiger partial charge in [0.25, 0.3) is 0 Å². The summed E-state index contributed by atoms with van der Waals surface area (Å²) in [7, 11) is 0. The second-order valence-corrected chi connectivity index (χ2v) is 10.3. The third kappa shape index (κ3) is 3.50. The van der Waals surface area contributed by atoms with Crippen LogP contribution in [0.5, 0.6) is 0 Å². The molecule has 4 nitrogen and oxygen atoms in total. The third-order valence-corrected chi connectivity index (χ3v) is 7.34. The van der Waals surface area contributed by atoms with Crippen molar-refractivity contribution in [3.63, 3.8) is 0 Å². The fraction of sp³-hybridized carbons (Fsp3) is 0.417. The van der Waals surface area contributed by atoms with E-state index >= 15 is 0 Å². The zero-order valence-corrected chi connectivity index (χ0v) is 18.8. The Morgan fingerprint density at radius 1 is 1.03 bits per heavy atom. The van der Waals surface area contributed by atoms with Gasteiger partial charge < -0.3 is 9.94 Å². The van der Waals surface area contributed by atoms with Crippen LogP contribution in [0.1, 0.15) is 79.3 Å². The van der Waals surface area contributed by atoms with Gasteiger partial charge in [-0.15, -0.1) is 0 Å². The summed E-state index contributed by atoms with van der Waals surface area (Å²) in [6.45, 7) is 9.28. The number of rotatable bonds is 3. The molecule has 29 heavy (non-hydrogen) atoms. The maximum atomic E-state index is 11.1. The van der Waals surface area contributed by atoms with E-state index < -0.39 is 5.97 Å². The van der Waals surface area contributed by atoms with Crippen molar-refractivity contribution in [3.05, 3.63) is 70.3 Å². The van der Waals surface area contributed by atoms with Crippen molar-refractivity contribution in [2.24, 2.45) is 5.16 Å². The zero-order chi connectivity index (χ0) is 21.0. The van der Waals surface area contributed by atoms with Crippen molar-refractivity contribution >= 4 is 27.6 Å². The molecule has 0 spiro atoms. The van der Waals surface area contributed by atoms with Crippen LogP contribution in [0.15, 0.2) is 47.6 Å². The fourth-order valence-corrected chi connectivity index (χ4v) is 5.12. The van der Waals surface area contributed by atoms with E-state index in [4.69, 9.17) is 9.94 Å². The zero-order valence-electron chi connectivity index (χ0n) is 17.2. The quantitative estimate of drug-likeness (QED) is 0.579. The molecule has 2 aromatic carbocycles. The number of halogens is 1. The van der Waals surface area contributed by atoms with E-state index in [0.717, 1.165) is 23.3 Å². The first-order valence-electron chi connectivity index (χ1n) is 9.97. The average Bonchev–Trinajstić information content (AvgIpc) is 3.07. The summed E-state index contributed by atoms with van der Waals surface area (Å²) < 4.78 is 0. The number of nitrogens with zero attached hydrogens (tertiary/aromatic N) is 1. The van der Waals surface area contributed by atoms with E-state index in [1.54, 1.807) is 24.3 Å². The minimum absolute atomic E-state index is 0.101. The number of oxime groups is 1. The van der Waals surface area contributed by atoms with E-state index in [-0.39, 0.29) is 27.3 Å². The number of carbonyl (C=O) groups is 1. The van der Waals surface area contributed by atoms with Crippen LogP contribution in [-0.2, 0) is 15.7 Å². The Morgan fingerprint density at radius 3 is 2.28 bits per heavy atom. The van der Waals surface area contributed by atoms with Crippen LogP contribution in [-0.4, -0.2) is 21.6 Å². The number of carboxylic acids is 1. The molecule has 1 aliphatic carbocycles. The Hall–Kier alpha value is -2.14. The van der Waals surface area contributed by atoms with Crippen LogP contribution in [0.4, 0.5) is 0 Å². The normalized spacial score (nSPS) is 24.4. The number of aromatic carboxylic acids is 1. The van der Waals surface area contributed by atoms with Gasteiger partial charge in [0.1, 0.15) is 10.5 Å². The molecule has 0 aromatic heterocycles. The summed E-state index contributed by atoms with van der Waals surface area (Å²) in [5, 5.41) is 13.4. The molecule has 2 aromatic rings. The van der Waals surface area contributed by atoms with Gasteiger partial charge in [-0.2, -0.15) is 0 Å². The summed E-state index contributed by atoms with van der Waals surface area (Å²) in [4.78, 5) is 16.8. The molecule has 0 saturated carbocycles. The first-order chi connectivity index (χ1) is 13.6. The molecule has 152 valence electrons. The fourth-order valence-electron chi connectivity index (χ4n) is 4.37. The molecule has 1 N–H and O–H groups in total. The molecular formula is C24H26BrNO3. The van der Waals surface area contributed by atoms with E-state index in [0.29, 0.717) is 0 Å². The third-order valence-electron chi connectivity index (χ3n) is 6.42. The standard InChI is InChI=1S/C24H26BrNO3/c1-23(2)11-12-24(3,4)18-13-16(9-10-17(18)23)21-19(25)20(26-29-21)14-5-7-15(8-6-14)22(27)28/h5-10,13,19,21H,11-12H2,1-4H3,(H,27,28). The van der Waals surface area contributed by atoms with E-state index in [1.807, 2.05) is 0 Å². The highest BCUT2D eigenvalue weighted by Crippen LogP contribution is 2.47. The van der Waals surface area contributed by atoms with Gasteiger partial charge in [0.2, 0.25) is 0 Å². The Balaban J connectivity index is 1.63. The maximum Gasteiger partial charge on any atom is 0.335 e. The Labute approximate surface area is 180 Å². The number of hydrogen-bond donors (Lipinski definition) is 1. The summed E-state index contributed by atoms with van der Waals surface area (Å²) >= 11 is 3.77. The first-order valence-corrected chi connectivity index (χ1v) is 10.9. The van der Waals surface area contributed by atoms with Crippen LogP contribution in [0.3, 0.4) is 0 Å². The number of carboxylic acid groups (broad SMARTS) is 1. The number of hydrogen-bond acceptors (Lipinski definition) is 3. The Morgan fingerprint density at radius 2 is 1.66 bits per heavy atom. The van der Waals surface area contributed by atoms with Gasteiger partial charge in [-0.25, -0.2) is 4.79 Å². The van der Waals surface area contributed by atoms with Crippen molar-refractivity contribution in [1.82, 2.24) is 0 Å². The lowest BCUT2D eigenvalue weighted by atomic mass is 9.63. The monoisotopic (exact) mass is 455 g/mol. The highest BCUT2D eigenvalue weighted by Gasteiger charge is 2.39. The van der Waals surface area contributed by atoms with Gasteiger partial charge in [0, 0.05) is 5.56 Å². The van der Waals surface area contributed by atoms with Crippen LogP contribution < -0.4 is 0 Å². The van der Waals surface area contributed by atoms with Gasteiger partial charge in [-0.05, 0) is 52.5 Å². The molecule has 5 heteroatoms. The van der Waals surface area contributed by atoms with Crippen molar-refractivity contribution in [3.8, 4) is 0 Å². The highest BCUT2D eigenvalue weighted by molar-refractivity contribution is 9.10. The maximum absolute atomic E-state index is 11.1. The highest BCUT2D eigenvalue weighted by atomic mass is 79.9. The van der Waals surface area contributed by atoms with E-state index in [9.17, 15) is 4.79 Å². The lowest BCUT2D eigenvalue weighted by Crippen LogP contribution is -2.34. The first kappa shape index (κ1) is 20.1. The van der Waals surface area contributed by atoms with Crippen molar-refractivity contribution < 1.29 is 14.7 Å². The molecule has 0 radical (unpaired) electrons. The molecule has 2 atom stereocenters. The van der Waals surface area contributed by atoms with Gasteiger partial charge in [-0.3, -0.25) is 0 Å². The molecule has 2 unspecified atom stereocenters.